The smallest absolute Gasteiger partial charge is 0.120 e. The van der Waals surface area contributed by atoms with Crippen LogP contribution in [0.15, 0.2) is 18.2 Å². The standard InChI is InChI=1S/C19H27N3OS/c1-15-13-16(2)22(20-15)12-6-11-21(5)14-18-8-7-17(24-18)9-10-19(3,4)23/h7-8,13,23H,6,11-12,14H2,1-5H3. The van der Waals surface area contributed by atoms with Crippen LogP contribution in [-0.2, 0) is 13.1 Å². The Bertz CT molecular complexity index is 728. The van der Waals surface area contributed by atoms with Crippen LogP contribution in [0.2, 0.25) is 0 Å². The van der Waals surface area contributed by atoms with Crippen LogP contribution >= 0.6 is 11.3 Å². The Morgan fingerprint density at radius 1 is 1.33 bits per heavy atom. The predicted molar refractivity (Wildman–Crippen MR) is 100 cm³/mol. The summed E-state index contributed by atoms with van der Waals surface area (Å²) >= 11 is 1.69. The number of nitrogens with zero attached hydrogens (tertiary/aromatic N) is 3. The first kappa shape index (κ1) is 18.7. The normalized spacial score (nSPS) is 11.6. The largest absolute Gasteiger partial charge is 0.378 e. The SMILES string of the molecule is Cc1cc(C)n(CCCN(C)Cc2ccc(C#CC(C)(C)O)s2)n1. The Labute approximate surface area is 149 Å². The first-order valence-corrected chi connectivity index (χ1v) is 9.08. The Morgan fingerprint density at radius 3 is 2.71 bits per heavy atom. The van der Waals surface area contributed by atoms with Gasteiger partial charge in [0.25, 0.3) is 0 Å². The number of aliphatic hydroxyl groups is 1. The zero-order valence-corrected chi connectivity index (χ0v) is 16.1. The maximum absolute atomic E-state index is 9.66. The third-order valence-electron chi connectivity index (χ3n) is 3.59. The molecule has 0 radical (unpaired) electrons. The summed E-state index contributed by atoms with van der Waals surface area (Å²) in [7, 11) is 2.14. The molecule has 0 amide bonds. The Morgan fingerprint density at radius 2 is 2.08 bits per heavy atom. The molecule has 130 valence electrons. The molecule has 0 saturated heterocycles. The minimum absolute atomic E-state index is 0.923. The second kappa shape index (κ2) is 7.98. The average molecular weight is 346 g/mol. The highest BCUT2D eigenvalue weighted by atomic mass is 32.1. The van der Waals surface area contributed by atoms with E-state index in [4.69, 9.17) is 0 Å². The molecule has 0 aliphatic heterocycles. The fourth-order valence-corrected chi connectivity index (χ4v) is 3.42. The molecule has 0 atom stereocenters. The van der Waals surface area contributed by atoms with Gasteiger partial charge < -0.3 is 10.0 Å². The fourth-order valence-electron chi connectivity index (χ4n) is 2.48. The van der Waals surface area contributed by atoms with Crippen molar-refractivity contribution < 1.29 is 5.11 Å². The third-order valence-corrected chi connectivity index (χ3v) is 4.58. The van der Waals surface area contributed by atoms with Crippen molar-refractivity contribution >= 4 is 11.3 Å². The van der Waals surface area contributed by atoms with E-state index in [1.54, 1.807) is 25.2 Å². The highest BCUT2D eigenvalue weighted by Crippen LogP contribution is 2.17. The van der Waals surface area contributed by atoms with Gasteiger partial charge in [0.05, 0.1) is 10.6 Å². The summed E-state index contributed by atoms with van der Waals surface area (Å²) in [5.74, 6) is 5.90. The molecule has 0 bridgehead atoms. The van der Waals surface area contributed by atoms with Gasteiger partial charge in [-0.1, -0.05) is 11.8 Å². The van der Waals surface area contributed by atoms with Crippen LogP contribution < -0.4 is 0 Å². The van der Waals surface area contributed by atoms with Crippen molar-refractivity contribution in [2.45, 2.75) is 52.8 Å². The summed E-state index contributed by atoms with van der Waals surface area (Å²) in [4.78, 5) is 4.62. The summed E-state index contributed by atoms with van der Waals surface area (Å²) < 4.78 is 2.08. The van der Waals surface area contributed by atoms with Gasteiger partial charge in [-0.25, -0.2) is 0 Å². The van der Waals surface area contributed by atoms with Gasteiger partial charge in [-0.05, 0) is 65.9 Å². The molecule has 0 aliphatic carbocycles. The van der Waals surface area contributed by atoms with E-state index in [9.17, 15) is 5.11 Å². The lowest BCUT2D eigenvalue weighted by molar-refractivity contribution is 0.143. The molecule has 24 heavy (non-hydrogen) atoms. The van der Waals surface area contributed by atoms with Gasteiger partial charge in [0.1, 0.15) is 5.60 Å². The molecule has 4 nitrogen and oxygen atoms in total. The molecule has 2 aromatic rings. The first-order valence-electron chi connectivity index (χ1n) is 8.27. The van der Waals surface area contributed by atoms with E-state index in [1.165, 1.54) is 10.6 Å². The number of hydrogen-bond donors (Lipinski definition) is 1. The van der Waals surface area contributed by atoms with Gasteiger partial charge in [0.2, 0.25) is 0 Å². The molecule has 0 aliphatic rings. The molecular formula is C19H27N3OS. The molecule has 1 N–H and O–H groups in total. The van der Waals surface area contributed by atoms with Crippen LogP contribution in [0.3, 0.4) is 0 Å². The first-order chi connectivity index (χ1) is 11.2. The van der Waals surface area contributed by atoms with Gasteiger partial charge in [-0.2, -0.15) is 5.10 Å². The monoisotopic (exact) mass is 345 g/mol. The summed E-state index contributed by atoms with van der Waals surface area (Å²) in [5, 5.41) is 14.2. The van der Waals surface area contributed by atoms with E-state index < -0.39 is 5.60 Å². The van der Waals surface area contributed by atoms with Crippen LogP contribution in [-0.4, -0.2) is 39.0 Å². The molecule has 2 rings (SSSR count). The Hall–Kier alpha value is -1.61. The van der Waals surface area contributed by atoms with Crippen LogP contribution in [0, 0.1) is 25.7 Å². The van der Waals surface area contributed by atoms with Crippen molar-refractivity contribution in [3.05, 3.63) is 39.3 Å². The minimum Gasteiger partial charge on any atom is -0.378 e. The van der Waals surface area contributed by atoms with Gasteiger partial charge in [-0.15, -0.1) is 11.3 Å². The number of aryl methyl sites for hydroxylation is 3. The quantitative estimate of drug-likeness (QED) is 0.818. The van der Waals surface area contributed by atoms with Crippen LogP contribution in [0.1, 0.15) is 41.4 Å². The molecule has 2 aromatic heterocycles. The highest BCUT2D eigenvalue weighted by Gasteiger charge is 2.07. The summed E-state index contributed by atoms with van der Waals surface area (Å²) in [6.07, 6.45) is 1.08. The van der Waals surface area contributed by atoms with E-state index in [2.05, 4.69) is 52.6 Å². The molecule has 0 unspecified atom stereocenters. The van der Waals surface area contributed by atoms with Gasteiger partial charge in [0, 0.05) is 23.7 Å². The second-order valence-corrected chi connectivity index (χ2v) is 7.98. The van der Waals surface area contributed by atoms with Crippen molar-refractivity contribution in [3.63, 3.8) is 0 Å². The van der Waals surface area contributed by atoms with E-state index in [1.807, 2.05) is 13.0 Å². The number of aromatic nitrogens is 2. The summed E-state index contributed by atoms with van der Waals surface area (Å²) in [6.45, 7) is 10.4. The summed E-state index contributed by atoms with van der Waals surface area (Å²) in [6, 6.07) is 6.27. The number of thiophene rings is 1. The van der Waals surface area contributed by atoms with E-state index >= 15 is 0 Å². The Kier molecular flexibility index (Phi) is 6.22. The van der Waals surface area contributed by atoms with Crippen molar-refractivity contribution in [2.24, 2.45) is 0 Å². The van der Waals surface area contributed by atoms with E-state index in [0.29, 0.717) is 0 Å². The lowest BCUT2D eigenvalue weighted by Gasteiger charge is -2.15. The lowest BCUT2D eigenvalue weighted by atomic mass is 10.1. The van der Waals surface area contributed by atoms with Gasteiger partial charge in [0.15, 0.2) is 0 Å². The van der Waals surface area contributed by atoms with E-state index in [-0.39, 0.29) is 0 Å². The number of rotatable bonds is 6. The maximum atomic E-state index is 9.66. The molecule has 0 aromatic carbocycles. The van der Waals surface area contributed by atoms with Crippen molar-refractivity contribution in [3.8, 4) is 11.8 Å². The van der Waals surface area contributed by atoms with Gasteiger partial charge in [-0.3, -0.25) is 4.68 Å². The topological polar surface area (TPSA) is 41.3 Å². The van der Waals surface area contributed by atoms with E-state index in [0.717, 1.165) is 36.6 Å². The highest BCUT2D eigenvalue weighted by molar-refractivity contribution is 7.12. The fraction of sp³-hybridized carbons (Fsp3) is 0.526. The van der Waals surface area contributed by atoms with Gasteiger partial charge >= 0.3 is 0 Å². The molecular weight excluding hydrogens is 318 g/mol. The Balaban J connectivity index is 1.80. The molecule has 2 heterocycles. The number of hydrogen-bond acceptors (Lipinski definition) is 4. The van der Waals surface area contributed by atoms with Crippen molar-refractivity contribution in [2.75, 3.05) is 13.6 Å². The summed E-state index contributed by atoms with van der Waals surface area (Å²) in [5.41, 5.74) is 1.37. The maximum Gasteiger partial charge on any atom is 0.120 e. The molecule has 0 saturated carbocycles. The zero-order valence-electron chi connectivity index (χ0n) is 15.3. The average Bonchev–Trinajstić information content (AvgIpc) is 3.03. The molecule has 0 spiro atoms. The molecule has 5 heteroatoms. The van der Waals surface area contributed by atoms with Crippen molar-refractivity contribution in [1.29, 1.82) is 0 Å². The van der Waals surface area contributed by atoms with Crippen LogP contribution in [0.25, 0.3) is 0 Å². The van der Waals surface area contributed by atoms with Crippen LogP contribution in [0.5, 0.6) is 0 Å². The lowest BCUT2D eigenvalue weighted by Crippen LogP contribution is -2.20. The molecule has 0 fully saturated rings. The zero-order chi connectivity index (χ0) is 17.7. The minimum atomic E-state index is -0.941. The second-order valence-electron chi connectivity index (χ2n) is 6.82. The predicted octanol–water partition coefficient (Wildman–Crippen LogP) is 3.21. The van der Waals surface area contributed by atoms with Crippen LogP contribution in [0.4, 0.5) is 0 Å². The third kappa shape index (κ3) is 6.12. The van der Waals surface area contributed by atoms with Crippen molar-refractivity contribution in [1.82, 2.24) is 14.7 Å².